The number of hydrogen-bond donors (Lipinski definition) is 1. The molecule has 0 saturated carbocycles. The minimum Gasteiger partial charge on any atom is -0.245 e. The van der Waals surface area contributed by atoms with Crippen molar-refractivity contribution >= 4 is 35.1 Å². The summed E-state index contributed by atoms with van der Waals surface area (Å²) < 4.78 is 39.1. The smallest absolute Gasteiger partial charge is 0.245 e. The van der Waals surface area contributed by atoms with E-state index in [9.17, 15) is 13.2 Å². The van der Waals surface area contributed by atoms with Gasteiger partial charge in [0, 0.05) is 10.6 Å². The molecule has 3 rings (SSSR count). The zero-order valence-electron chi connectivity index (χ0n) is 12.5. The lowest BCUT2D eigenvalue weighted by molar-refractivity contribution is 0.146. The van der Waals surface area contributed by atoms with Crippen LogP contribution in [-0.4, -0.2) is 16.2 Å². The van der Waals surface area contributed by atoms with Crippen LogP contribution >= 0.6 is 22.9 Å². The van der Waals surface area contributed by atoms with Crippen LogP contribution in [0.2, 0.25) is 5.02 Å². The number of aromatic nitrogens is 2. The summed E-state index contributed by atoms with van der Waals surface area (Å²) in [6.45, 7) is 0. The first-order valence-corrected chi connectivity index (χ1v) is 8.18. The van der Waals surface area contributed by atoms with Crippen LogP contribution < -0.4 is 5.43 Å². The lowest BCUT2D eigenvalue weighted by atomic mass is 10.1. The molecule has 0 amide bonds. The van der Waals surface area contributed by atoms with Gasteiger partial charge in [0.15, 0.2) is 5.13 Å². The zero-order chi connectivity index (χ0) is 17.8. The van der Waals surface area contributed by atoms with Crippen molar-refractivity contribution in [3.05, 3.63) is 63.2 Å². The van der Waals surface area contributed by atoms with E-state index >= 15 is 0 Å². The topological polar surface area (TPSA) is 50.2 Å². The molecule has 2 aromatic heterocycles. The van der Waals surface area contributed by atoms with Crippen molar-refractivity contribution in [2.45, 2.75) is 6.43 Å². The Bertz CT molecular complexity index is 897. The number of nitrogens with zero attached hydrogens (tertiary/aromatic N) is 3. The molecule has 1 N–H and O–H groups in total. The van der Waals surface area contributed by atoms with Crippen LogP contribution in [0.15, 0.2) is 47.6 Å². The van der Waals surface area contributed by atoms with Crippen molar-refractivity contribution in [3.63, 3.8) is 0 Å². The fourth-order valence-electron chi connectivity index (χ4n) is 1.95. The summed E-state index contributed by atoms with van der Waals surface area (Å²) in [5, 5.41) is 4.03. The fraction of sp³-hybridized carbons (Fsp3) is 0.0625. The van der Waals surface area contributed by atoms with Gasteiger partial charge in [-0.2, -0.15) is 9.49 Å². The summed E-state index contributed by atoms with van der Waals surface area (Å²) in [5.41, 5.74) is 2.98. The Morgan fingerprint density at radius 3 is 2.52 bits per heavy atom. The molecule has 2 heterocycles. The molecule has 1 aromatic carbocycles. The second-order valence-corrected chi connectivity index (χ2v) is 6.32. The van der Waals surface area contributed by atoms with Crippen molar-refractivity contribution in [1.29, 1.82) is 0 Å². The highest BCUT2D eigenvalue weighted by atomic mass is 35.5. The van der Waals surface area contributed by atoms with Gasteiger partial charge in [-0.25, -0.2) is 24.2 Å². The van der Waals surface area contributed by atoms with E-state index in [1.807, 2.05) is 0 Å². The molecule has 0 unspecified atom stereocenters. The zero-order valence-corrected chi connectivity index (χ0v) is 14.0. The second-order valence-electron chi connectivity index (χ2n) is 4.82. The number of anilines is 1. The maximum atomic E-state index is 13.1. The van der Waals surface area contributed by atoms with Crippen LogP contribution in [-0.2, 0) is 0 Å². The summed E-state index contributed by atoms with van der Waals surface area (Å²) >= 11 is 6.73. The third-order valence-corrected chi connectivity index (χ3v) is 4.12. The van der Waals surface area contributed by atoms with Gasteiger partial charge in [-0.1, -0.05) is 23.7 Å². The third-order valence-electron chi connectivity index (χ3n) is 3.06. The van der Waals surface area contributed by atoms with Gasteiger partial charge in [0.1, 0.15) is 5.69 Å². The molecule has 0 fully saturated rings. The first kappa shape index (κ1) is 17.4. The van der Waals surface area contributed by atoms with E-state index in [1.54, 1.807) is 30.3 Å². The van der Waals surface area contributed by atoms with Crippen LogP contribution in [0.1, 0.15) is 17.0 Å². The average molecular weight is 383 g/mol. The van der Waals surface area contributed by atoms with Crippen LogP contribution in [0.25, 0.3) is 11.3 Å². The molecule has 4 nitrogen and oxygen atoms in total. The standard InChI is InChI=1S/C16H10ClF3N4S/c17-10-3-1-9(2-4-10)12-7-13(15(19)20)23-16(22-12)24-21-8-11-5-6-14(18)25-11/h1-8,15H,(H,22,23,24)/b21-8+. The summed E-state index contributed by atoms with van der Waals surface area (Å²) in [4.78, 5) is 8.46. The number of hydrogen-bond acceptors (Lipinski definition) is 5. The van der Waals surface area contributed by atoms with Crippen LogP contribution in [0, 0.1) is 5.13 Å². The Morgan fingerprint density at radius 2 is 1.88 bits per heavy atom. The van der Waals surface area contributed by atoms with Gasteiger partial charge in [0.05, 0.1) is 16.8 Å². The molecule has 0 bridgehead atoms. The summed E-state index contributed by atoms with van der Waals surface area (Å²) in [7, 11) is 0. The van der Waals surface area contributed by atoms with E-state index in [0.29, 0.717) is 21.2 Å². The van der Waals surface area contributed by atoms with Crippen LogP contribution in [0.3, 0.4) is 0 Å². The SMILES string of the molecule is Fc1ccc(/C=N/Nc2nc(-c3ccc(Cl)cc3)cc(C(F)F)n2)s1. The largest absolute Gasteiger partial charge is 0.280 e. The van der Waals surface area contributed by atoms with Gasteiger partial charge in [-0.05, 0) is 30.3 Å². The lowest BCUT2D eigenvalue weighted by Crippen LogP contribution is -2.02. The van der Waals surface area contributed by atoms with E-state index in [4.69, 9.17) is 11.6 Å². The highest BCUT2D eigenvalue weighted by molar-refractivity contribution is 7.12. The second kappa shape index (κ2) is 7.62. The number of thiophene rings is 1. The molecule has 0 atom stereocenters. The van der Waals surface area contributed by atoms with Gasteiger partial charge in [-0.3, -0.25) is 0 Å². The van der Waals surface area contributed by atoms with Gasteiger partial charge in [-0.15, -0.1) is 11.3 Å². The molecule has 0 aliphatic carbocycles. The highest BCUT2D eigenvalue weighted by Gasteiger charge is 2.14. The molecule has 0 radical (unpaired) electrons. The molecule has 0 saturated heterocycles. The van der Waals surface area contributed by atoms with Crippen LogP contribution in [0.5, 0.6) is 0 Å². The minimum atomic E-state index is -2.76. The molecule has 0 aliphatic rings. The third kappa shape index (κ3) is 4.55. The van der Waals surface area contributed by atoms with E-state index < -0.39 is 12.1 Å². The van der Waals surface area contributed by atoms with Crippen LogP contribution in [0.4, 0.5) is 19.1 Å². The number of alkyl halides is 2. The maximum Gasteiger partial charge on any atom is 0.280 e. The van der Waals surface area contributed by atoms with Gasteiger partial charge in [0.25, 0.3) is 6.43 Å². The van der Waals surface area contributed by atoms with E-state index in [-0.39, 0.29) is 11.1 Å². The van der Waals surface area contributed by atoms with E-state index in [2.05, 4.69) is 20.5 Å². The number of nitrogens with one attached hydrogen (secondary N) is 1. The average Bonchev–Trinajstić information content (AvgIpc) is 3.00. The van der Waals surface area contributed by atoms with Crippen molar-refractivity contribution in [2.24, 2.45) is 5.10 Å². The van der Waals surface area contributed by atoms with Crippen molar-refractivity contribution in [2.75, 3.05) is 5.43 Å². The summed E-state index contributed by atoms with van der Waals surface area (Å²) in [5.74, 6) is -0.0870. The summed E-state index contributed by atoms with van der Waals surface area (Å²) in [6, 6.07) is 10.7. The van der Waals surface area contributed by atoms with Gasteiger partial charge in [0.2, 0.25) is 5.95 Å². The number of hydrazone groups is 1. The number of benzene rings is 1. The molecular formula is C16H10ClF3N4S. The molecular weight excluding hydrogens is 373 g/mol. The fourth-order valence-corrected chi connectivity index (χ4v) is 2.68. The molecule has 3 aromatic rings. The predicted octanol–water partition coefficient (Wildman–Crippen LogP) is 5.38. The number of rotatable bonds is 5. The Morgan fingerprint density at radius 1 is 1.12 bits per heavy atom. The molecule has 9 heteroatoms. The molecule has 128 valence electrons. The van der Waals surface area contributed by atoms with Gasteiger partial charge >= 0.3 is 0 Å². The number of halogens is 4. The van der Waals surface area contributed by atoms with E-state index in [1.165, 1.54) is 18.3 Å². The lowest BCUT2D eigenvalue weighted by Gasteiger charge is -2.07. The quantitative estimate of drug-likeness (QED) is 0.476. The molecule has 25 heavy (non-hydrogen) atoms. The molecule has 0 spiro atoms. The first-order valence-electron chi connectivity index (χ1n) is 6.99. The summed E-state index contributed by atoms with van der Waals surface area (Å²) in [6.07, 6.45) is -1.40. The predicted molar refractivity (Wildman–Crippen MR) is 92.9 cm³/mol. The van der Waals surface area contributed by atoms with Crippen molar-refractivity contribution < 1.29 is 13.2 Å². The van der Waals surface area contributed by atoms with E-state index in [0.717, 1.165) is 11.3 Å². The van der Waals surface area contributed by atoms with Crippen molar-refractivity contribution in [3.8, 4) is 11.3 Å². The maximum absolute atomic E-state index is 13.1. The van der Waals surface area contributed by atoms with Gasteiger partial charge < -0.3 is 0 Å². The Balaban J connectivity index is 1.87. The van der Waals surface area contributed by atoms with Crippen molar-refractivity contribution in [1.82, 2.24) is 9.97 Å². The Hall–Kier alpha value is -2.45. The minimum absolute atomic E-state index is 0.0870. The first-order chi connectivity index (χ1) is 12.0. The highest BCUT2D eigenvalue weighted by Crippen LogP contribution is 2.25. The monoisotopic (exact) mass is 382 g/mol. The normalized spacial score (nSPS) is 11.4. The Kier molecular flexibility index (Phi) is 5.30. The Labute approximate surface area is 150 Å². The molecule has 0 aliphatic heterocycles.